The normalized spacial score (nSPS) is 14.4. The van der Waals surface area contributed by atoms with Crippen LogP contribution in [0.25, 0.3) is 0 Å². The minimum absolute atomic E-state index is 0.129. The average molecular weight is 317 g/mol. The highest BCUT2D eigenvalue weighted by Gasteiger charge is 2.31. The minimum atomic E-state index is -0.129. The van der Waals surface area contributed by atoms with Crippen molar-refractivity contribution in [3.8, 4) is 5.88 Å². The Morgan fingerprint density at radius 3 is 2.91 bits per heavy atom. The Morgan fingerprint density at radius 1 is 1.39 bits per heavy atom. The van der Waals surface area contributed by atoms with Gasteiger partial charge in [-0.15, -0.1) is 0 Å². The van der Waals surface area contributed by atoms with Gasteiger partial charge in [0.2, 0.25) is 5.88 Å². The Morgan fingerprint density at radius 2 is 2.26 bits per heavy atom. The van der Waals surface area contributed by atoms with Gasteiger partial charge in [-0.2, -0.15) is 0 Å². The van der Waals surface area contributed by atoms with Crippen LogP contribution < -0.4 is 10.1 Å². The third-order valence-corrected chi connectivity index (χ3v) is 3.62. The van der Waals surface area contributed by atoms with E-state index >= 15 is 0 Å². The summed E-state index contributed by atoms with van der Waals surface area (Å²) in [5.41, 5.74) is 0.639. The zero-order chi connectivity index (χ0) is 16.1. The fourth-order valence-corrected chi connectivity index (χ4v) is 2.27. The average Bonchev–Trinajstić information content (AvgIpc) is 3.02. The monoisotopic (exact) mass is 317 g/mol. The highest BCUT2D eigenvalue weighted by molar-refractivity contribution is 5.89. The molecule has 23 heavy (non-hydrogen) atoms. The topological polar surface area (TPSA) is 81.5 Å². The number of aromatic nitrogens is 3. The van der Waals surface area contributed by atoms with Gasteiger partial charge < -0.3 is 24.3 Å². The lowest BCUT2D eigenvalue weighted by Gasteiger charge is -2.39. The van der Waals surface area contributed by atoms with Gasteiger partial charge in [0.25, 0.3) is 0 Å². The lowest BCUT2D eigenvalue weighted by Crippen LogP contribution is -2.52. The zero-order valence-electron chi connectivity index (χ0n) is 12.9. The van der Waals surface area contributed by atoms with E-state index in [1.165, 1.54) is 0 Å². The summed E-state index contributed by atoms with van der Waals surface area (Å²) in [6, 6.07) is 3.66. The molecule has 1 N–H and O–H groups in total. The third-order valence-electron chi connectivity index (χ3n) is 3.62. The summed E-state index contributed by atoms with van der Waals surface area (Å²) >= 11 is 0. The molecule has 0 aromatic carbocycles. The molecule has 0 saturated carbocycles. The van der Waals surface area contributed by atoms with Crippen molar-refractivity contribution in [2.75, 3.05) is 38.7 Å². The first-order valence-electron chi connectivity index (χ1n) is 7.37. The number of urea groups is 1. The Balaban J connectivity index is 1.45. The fourth-order valence-electron chi connectivity index (χ4n) is 2.27. The number of hydrogen-bond acceptors (Lipinski definition) is 5. The maximum absolute atomic E-state index is 12.1. The minimum Gasteiger partial charge on any atom is -0.475 e. The first-order chi connectivity index (χ1) is 11.3. The lowest BCUT2D eigenvalue weighted by atomic mass is 10.1. The molecule has 2 aromatic rings. The van der Waals surface area contributed by atoms with Crippen molar-refractivity contribution in [2.24, 2.45) is 0 Å². The Hall–Kier alpha value is -2.61. The molecule has 8 nitrogen and oxygen atoms in total. The molecule has 0 aliphatic carbocycles. The van der Waals surface area contributed by atoms with Gasteiger partial charge in [0.15, 0.2) is 0 Å². The summed E-state index contributed by atoms with van der Waals surface area (Å²) in [6.45, 7) is 2.30. The number of nitrogens with zero attached hydrogens (tertiary/aromatic N) is 4. The fraction of sp³-hybridized carbons (Fsp3) is 0.400. The maximum Gasteiger partial charge on any atom is 0.322 e. The van der Waals surface area contributed by atoms with E-state index in [0.717, 1.165) is 0 Å². The van der Waals surface area contributed by atoms with Crippen molar-refractivity contribution in [2.45, 2.75) is 6.04 Å². The molecule has 3 rings (SSSR count). The summed E-state index contributed by atoms with van der Waals surface area (Å²) in [6.07, 6.45) is 7.00. The number of methoxy groups -OCH3 is 1. The molecule has 0 atom stereocenters. The smallest absolute Gasteiger partial charge is 0.322 e. The van der Waals surface area contributed by atoms with E-state index in [1.54, 1.807) is 42.9 Å². The van der Waals surface area contributed by atoms with Crippen LogP contribution in [0.3, 0.4) is 0 Å². The molecule has 2 amide bonds. The first kappa shape index (κ1) is 15.3. The third kappa shape index (κ3) is 3.78. The van der Waals surface area contributed by atoms with Crippen molar-refractivity contribution in [1.29, 1.82) is 0 Å². The number of ether oxygens (including phenoxy) is 2. The summed E-state index contributed by atoms with van der Waals surface area (Å²) in [5.74, 6) is 0.504. The number of hydrogen-bond donors (Lipinski definition) is 1. The predicted molar refractivity (Wildman–Crippen MR) is 83.5 cm³/mol. The van der Waals surface area contributed by atoms with Gasteiger partial charge in [-0.25, -0.2) is 14.8 Å². The Bertz CT molecular complexity index is 623. The van der Waals surface area contributed by atoms with Crippen LogP contribution in [0.1, 0.15) is 6.04 Å². The number of rotatable bonds is 6. The van der Waals surface area contributed by atoms with Gasteiger partial charge >= 0.3 is 6.03 Å². The van der Waals surface area contributed by atoms with Gasteiger partial charge in [0.1, 0.15) is 6.61 Å². The zero-order valence-corrected chi connectivity index (χ0v) is 12.9. The largest absolute Gasteiger partial charge is 0.475 e. The van der Waals surface area contributed by atoms with Crippen molar-refractivity contribution < 1.29 is 14.3 Å². The highest BCUT2D eigenvalue weighted by Crippen LogP contribution is 2.22. The number of carbonyl (C=O) groups excluding carboxylic acids is 1. The molecule has 0 bridgehead atoms. The summed E-state index contributed by atoms with van der Waals surface area (Å²) in [7, 11) is 1.61. The van der Waals surface area contributed by atoms with Crippen LogP contribution in [0.5, 0.6) is 5.88 Å². The number of amides is 2. The van der Waals surface area contributed by atoms with E-state index in [1.807, 2.05) is 10.8 Å². The van der Waals surface area contributed by atoms with E-state index in [0.29, 0.717) is 43.9 Å². The van der Waals surface area contributed by atoms with Gasteiger partial charge in [-0.1, -0.05) is 0 Å². The second-order valence-corrected chi connectivity index (χ2v) is 5.23. The molecular formula is C15H19N5O3. The van der Waals surface area contributed by atoms with Crippen LogP contribution in [-0.4, -0.2) is 58.9 Å². The van der Waals surface area contributed by atoms with Crippen LogP contribution in [0, 0.1) is 0 Å². The number of carbonyl (C=O) groups is 1. The van der Waals surface area contributed by atoms with Gasteiger partial charge in [-0.05, 0) is 6.07 Å². The van der Waals surface area contributed by atoms with Crippen LogP contribution in [-0.2, 0) is 4.74 Å². The SMILES string of the molecule is COCCOc1ccc(NC(=O)N2CC(n3ccnc3)C2)cn1. The molecule has 1 aliphatic heterocycles. The van der Waals surface area contributed by atoms with E-state index in [4.69, 9.17) is 9.47 Å². The first-order valence-corrected chi connectivity index (χ1v) is 7.37. The van der Waals surface area contributed by atoms with Gasteiger partial charge in [0, 0.05) is 38.7 Å². The standard InChI is InChI=1S/C15H19N5O3/c1-22-6-7-23-14-3-2-12(8-17-14)18-15(21)20-9-13(10-20)19-5-4-16-11-19/h2-5,8,11,13H,6-7,9-10H2,1H3,(H,18,21). The number of anilines is 1. The summed E-state index contributed by atoms with van der Waals surface area (Å²) in [5, 5.41) is 2.82. The molecule has 1 aliphatic rings. The van der Waals surface area contributed by atoms with Gasteiger partial charge in [-0.3, -0.25) is 0 Å². The van der Waals surface area contributed by atoms with Crippen LogP contribution >= 0.6 is 0 Å². The number of imidazole rings is 1. The molecule has 0 unspecified atom stereocenters. The Labute approximate surface area is 134 Å². The number of likely N-dealkylation sites (tertiary alicyclic amines) is 1. The van der Waals surface area contributed by atoms with Crippen molar-refractivity contribution >= 4 is 11.7 Å². The second kappa shape index (κ2) is 7.10. The van der Waals surface area contributed by atoms with E-state index < -0.39 is 0 Å². The van der Waals surface area contributed by atoms with E-state index in [2.05, 4.69) is 15.3 Å². The quantitative estimate of drug-likeness (QED) is 0.814. The number of nitrogens with one attached hydrogen (secondary N) is 1. The maximum atomic E-state index is 12.1. The Kier molecular flexibility index (Phi) is 4.72. The van der Waals surface area contributed by atoms with Crippen LogP contribution in [0.4, 0.5) is 10.5 Å². The van der Waals surface area contributed by atoms with Crippen LogP contribution in [0.2, 0.25) is 0 Å². The number of pyridine rings is 1. The highest BCUT2D eigenvalue weighted by atomic mass is 16.5. The summed E-state index contributed by atoms with van der Waals surface area (Å²) < 4.78 is 12.3. The molecule has 122 valence electrons. The molecule has 1 saturated heterocycles. The lowest BCUT2D eigenvalue weighted by molar-refractivity contribution is 0.135. The summed E-state index contributed by atoms with van der Waals surface area (Å²) in [4.78, 5) is 22.0. The predicted octanol–water partition coefficient (Wildman–Crippen LogP) is 1.39. The van der Waals surface area contributed by atoms with Gasteiger partial charge in [0.05, 0.1) is 30.9 Å². The van der Waals surface area contributed by atoms with E-state index in [9.17, 15) is 4.79 Å². The van der Waals surface area contributed by atoms with Crippen molar-refractivity contribution in [3.05, 3.63) is 37.1 Å². The van der Waals surface area contributed by atoms with E-state index in [-0.39, 0.29) is 6.03 Å². The molecule has 1 fully saturated rings. The molecule has 8 heteroatoms. The molecular weight excluding hydrogens is 298 g/mol. The molecule has 0 radical (unpaired) electrons. The second-order valence-electron chi connectivity index (χ2n) is 5.23. The van der Waals surface area contributed by atoms with Crippen LogP contribution in [0.15, 0.2) is 37.1 Å². The molecule has 0 spiro atoms. The van der Waals surface area contributed by atoms with Crippen molar-refractivity contribution in [1.82, 2.24) is 19.4 Å². The molecule has 3 heterocycles. The van der Waals surface area contributed by atoms with Crippen molar-refractivity contribution in [3.63, 3.8) is 0 Å². The molecule has 2 aromatic heterocycles.